The van der Waals surface area contributed by atoms with Crippen LogP contribution < -0.4 is 10.1 Å². The second kappa shape index (κ2) is 8.56. The molecule has 0 aromatic heterocycles. The molecule has 0 aliphatic carbocycles. The normalized spacial score (nSPS) is 16.9. The van der Waals surface area contributed by atoms with Crippen LogP contribution in [-0.4, -0.2) is 36.9 Å². The van der Waals surface area contributed by atoms with Gasteiger partial charge < -0.3 is 15.0 Å². The van der Waals surface area contributed by atoms with Crippen molar-refractivity contribution in [2.45, 2.75) is 53.0 Å². The van der Waals surface area contributed by atoms with E-state index in [1.54, 1.807) is 7.11 Å². The number of nitrogens with zero attached hydrogens (tertiary/aromatic N) is 1. The van der Waals surface area contributed by atoms with Crippen LogP contribution in [0.25, 0.3) is 0 Å². The molecule has 26 heavy (non-hydrogen) atoms. The summed E-state index contributed by atoms with van der Waals surface area (Å²) < 4.78 is 5.19. The SMILES string of the molecule is CCC(NC(=O)C1CCN(C(=O)C(C)(C)C)CC1)c1ccc(OC)cc1. The fraction of sp³-hybridized carbons (Fsp3) is 0.619. The summed E-state index contributed by atoms with van der Waals surface area (Å²) in [6.45, 7) is 9.21. The van der Waals surface area contributed by atoms with Gasteiger partial charge in [0.25, 0.3) is 0 Å². The van der Waals surface area contributed by atoms with E-state index in [0.29, 0.717) is 13.1 Å². The highest BCUT2D eigenvalue weighted by Gasteiger charge is 2.32. The molecule has 1 unspecified atom stereocenters. The molecule has 1 fully saturated rings. The minimum Gasteiger partial charge on any atom is -0.497 e. The monoisotopic (exact) mass is 360 g/mol. The third kappa shape index (κ3) is 4.99. The molecule has 5 heteroatoms. The van der Waals surface area contributed by atoms with Crippen LogP contribution in [0.2, 0.25) is 0 Å². The molecule has 1 saturated heterocycles. The molecule has 0 bridgehead atoms. The number of carbonyl (C=O) groups excluding carboxylic acids is 2. The molecule has 1 aliphatic heterocycles. The van der Waals surface area contributed by atoms with Crippen LogP contribution in [-0.2, 0) is 9.59 Å². The van der Waals surface area contributed by atoms with Crippen LogP contribution in [0, 0.1) is 11.3 Å². The molecule has 144 valence electrons. The highest BCUT2D eigenvalue weighted by Crippen LogP contribution is 2.25. The number of amides is 2. The molecular formula is C21H32N2O3. The maximum absolute atomic E-state index is 12.7. The number of hydrogen-bond acceptors (Lipinski definition) is 3. The number of benzene rings is 1. The molecule has 1 N–H and O–H groups in total. The van der Waals surface area contributed by atoms with E-state index in [1.807, 2.05) is 49.9 Å². The smallest absolute Gasteiger partial charge is 0.227 e. The Bertz CT molecular complexity index is 611. The van der Waals surface area contributed by atoms with E-state index in [9.17, 15) is 9.59 Å². The number of carbonyl (C=O) groups is 2. The average molecular weight is 360 g/mol. The van der Waals surface area contributed by atoms with E-state index in [-0.39, 0.29) is 29.2 Å². The van der Waals surface area contributed by atoms with Crippen molar-refractivity contribution in [3.8, 4) is 5.75 Å². The lowest BCUT2D eigenvalue weighted by molar-refractivity contribution is -0.142. The van der Waals surface area contributed by atoms with Crippen molar-refractivity contribution in [2.75, 3.05) is 20.2 Å². The van der Waals surface area contributed by atoms with E-state index >= 15 is 0 Å². The molecule has 1 aliphatic rings. The molecule has 1 aromatic rings. The van der Waals surface area contributed by atoms with Crippen molar-refractivity contribution in [3.63, 3.8) is 0 Å². The third-order valence-corrected chi connectivity index (χ3v) is 5.04. The van der Waals surface area contributed by atoms with Crippen LogP contribution in [0.1, 0.15) is 58.6 Å². The number of likely N-dealkylation sites (tertiary alicyclic amines) is 1. The predicted molar refractivity (Wildman–Crippen MR) is 103 cm³/mol. The Morgan fingerprint density at radius 1 is 1.19 bits per heavy atom. The van der Waals surface area contributed by atoms with Crippen molar-refractivity contribution in [2.24, 2.45) is 11.3 Å². The zero-order chi connectivity index (χ0) is 19.3. The Morgan fingerprint density at radius 3 is 2.23 bits per heavy atom. The minimum absolute atomic E-state index is 0.00245. The summed E-state index contributed by atoms with van der Waals surface area (Å²) in [7, 11) is 1.64. The van der Waals surface area contributed by atoms with Gasteiger partial charge in [-0.2, -0.15) is 0 Å². The van der Waals surface area contributed by atoms with Gasteiger partial charge in [-0.3, -0.25) is 9.59 Å². The first-order valence-corrected chi connectivity index (χ1v) is 9.50. The van der Waals surface area contributed by atoms with Crippen molar-refractivity contribution in [1.82, 2.24) is 10.2 Å². The fourth-order valence-corrected chi connectivity index (χ4v) is 3.37. The van der Waals surface area contributed by atoms with Crippen molar-refractivity contribution >= 4 is 11.8 Å². The lowest BCUT2D eigenvalue weighted by Gasteiger charge is -2.35. The summed E-state index contributed by atoms with van der Waals surface area (Å²) in [5.41, 5.74) is 0.721. The van der Waals surface area contributed by atoms with Crippen LogP contribution in [0.15, 0.2) is 24.3 Å². The molecular weight excluding hydrogens is 328 g/mol. The Balaban J connectivity index is 1.92. The van der Waals surface area contributed by atoms with Gasteiger partial charge in [0.15, 0.2) is 0 Å². The first kappa shape index (κ1) is 20.3. The average Bonchev–Trinajstić information content (AvgIpc) is 2.64. The van der Waals surface area contributed by atoms with Gasteiger partial charge in [0.05, 0.1) is 13.2 Å². The van der Waals surface area contributed by atoms with E-state index in [4.69, 9.17) is 4.74 Å². The maximum atomic E-state index is 12.7. The largest absolute Gasteiger partial charge is 0.497 e. The lowest BCUT2D eigenvalue weighted by atomic mass is 9.90. The Morgan fingerprint density at radius 2 is 1.77 bits per heavy atom. The van der Waals surface area contributed by atoms with Gasteiger partial charge in [-0.25, -0.2) is 0 Å². The number of piperidine rings is 1. The standard InChI is InChI=1S/C21H32N2O3/c1-6-18(15-7-9-17(26-5)10-8-15)22-19(24)16-11-13-23(14-12-16)20(25)21(2,3)4/h7-10,16,18H,6,11-14H2,1-5H3,(H,22,24). The Labute approximate surface area is 157 Å². The molecule has 2 rings (SSSR count). The zero-order valence-corrected chi connectivity index (χ0v) is 16.7. The maximum Gasteiger partial charge on any atom is 0.227 e. The van der Waals surface area contributed by atoms with E-state index < -0.39 is 0 Å². The summed E-state index contributed by atoms with van der Waals surface area (Å²) in [4.78, 5) is 27.0. The molecule has 0 saturated carbocycles. The van der Waals surface area contributed by atoms with E-state index in [2.05, 4.69) is 12.2 Å². The second-order valence-corrected chi connectivity index (χ2v) is 8.06. The van der Waals surface area contributed by atoms with Crippen LogP contribution in [0.3, 0.4) is 0 Å². The Kier molecular flexibility index (Phi) is 6.68. The highest BCUT2D eigenvalue weighted by molar-refractivity contribution is 5.83. The molecule has 2 amide bonds. The molecule has 1 aromatic carbocycles. The Hall–Kier alpha value is -2.04. The summed E-state index contributed by atoms with van der Waals surface area (Å²) in [6, 6.07) is 7.83. The van der Waals surface area contributed by atoms with Crippen LogP contribution in [0.4, 0.5) is 0 Å². The van der Waals surface area contributed by atoms with E-state index in [1.165, 1.54) is 0 Å². The van der Waals surface area contributed by atoms with Crippen molar-refractivity contribution in [3.05, 3.63) is 29.8 Å². The molecule has 0 spiro atoms. The van der Waals surface area contributed by atoms with Gasteiger partial charge in [-0.05, 0) is 37.0 Å². The number of ether oxygens (including phenoxy) is 1. The fourth-order valence-electron chi connectivity index (χ4n) is 3.37. The highest BCUT2D eigenvalue weighted by atomic mass is 16.5. The quantitative estimate of drug-likeness (QED) is 0.874. The second-order valence-electron chi connectivity index (χ2n) is 8.06. The summed E-state index contributed by atoms with van der Waals surface area (Å²) in [6.07, 6.45) is 2.29. The third-order valence-electron chi connectivity index (χ3n) is 5.04. The summed E-state index contributed by atoms with van der Waals surface area (Å²) >= 11 is 0. The van der Waals surface area contributed by atoms with Crippen molar-refractivity contribution in [1.29, 1.82) is 0 Å². The summed E-state index contributed by atoms with van der Waals surface area (Å²) in [5, 5.41) is 3.18. The minimum atomic E-state index is -0.364. The van der Waals surface area contributed by atoms with Crippen molar-refractivity contribution < 1.29 is 14.3 Å². The van der Waals surface area contributed by atoms with Gasteiger partial charge >= 0.3 is 0 Å². The van der Waals surface area contributed by atoms with Gasteiger partial charge in [-0.1, -0.05) is 39.8 Å². The topological polar surface area (TPSA) is 58.6 Å². The first-order chi connectivity index (χ1) is 12.3. The summed E-state index contributed by atoms with van der Waals surface area (Å²) in [5.74, 6) is 1.05. The van der Waals surface area contributed by atoms with Gasteiger partial charge in [0.1, 0.15) is 5.75 Å². The zero-order valence-electron chi connectivity index (χ0n) is 16.7. The lowest BCUT2D eigenvalue weighted by Crippen LogP contribution is -2.47. The predicted octanol–water partition coefficient (Wildman–Crippen LogP) is 3.55. The molecule has 1 heterocycles. The van der Waals surface area contributed by atoms with Crippen LogP contribution >= 0.6 is 0 Å². The number of rotatable bonds is 5. The van der Waals surface area contributed by atoms with Gasteiger partial charge in [0.2, 0.25) is 11.8 Å². The van der Waals surface area contributed by atoms with Crippen LogP contribution in [0.5, 0.6) is 5.75 Å². The number of methoxy groups -OCH3 is 1. The van der Waals surface area contributed by atoms with Gasteiger partial charge in [-0.15, -0.1) is 0 Å². The first-order valence-electron chi connectivity index (χ1n) is 9.50. The van der Waals surface area contributed by atoms with E-state index in [0.717, 1.165) is 30.6 Å². The number of nitrogens with one attached hydrogen (secondary N) is 1. The molecule has 1 atom stereocenters. The number of hydrogen-bond donors (Lipinski definition) is 1. The molecule has 5 nitrogen and oxygen atoms in total. The molecule has 0 radical (unpaired) electrons. The van der Waals surface area contributed by atoms with Gasteiger partial charge in [0, 0.05) is 24.4 Å².